The lowest BCUT2D eigenvalue weighted by molar-refractivity contribution is -0.117. The van der Waals surface area contributed by atoms with Gasteiger partial charge in [0.05, 0.1) is 11.4 Å². The van der Waals surface area contributed by atoms with Crippen molar-refractivity contribution in [2.45, 2.75) is 31.4 Å². The highest BCUT2D eigenvalue weighted by atomic mass is 32.2. The molecule has 1 spiro atoms. The van der Waals surface area contributed by atoms with Gasteiger partial charge in [-0.25, -0.2) is 4.99 Å². The lowest BCUT2D eigenvalue weighted by Gasteiger charge is -2.16. The van der Waals surface area contributed by atoms with Crippen molar-refractivity contribution in [2.75, 3.05) is 4.90 Å². The highest BCUT2D eigenvalue weighted by Gasteiger charge is 2.60. The van der Waals surface area contributed by atoms with Crippen LogP contribution in [0.1, 0.15) is 24.0 Å². The van der Waals surface area contributed by atoms with Crippen LogP contribution in [-0.4, -0.2) is 15.8 Å². The summed E-state index contributed by atoms with van der Waals surface area (Å²) >= 11 is 1.62. The number of hydrogen-bond acceptors (Lipinski definition) is 3. The van der Waals surface area contributed by atoms with Crippen LogP contribution in [0.4, 0.5) is 11.4 Å². The van der Waals surface area contributed by atoms with Crippen LogP contribution in [0.25, 0.3) is 0 Å². The fraction of sp³-hybridized carbons (Fsp3) is 0.263. The minimum absolute atomic E-state index is 0.178. The molecule has 0 bridgehead atoms. The molecule has 1 aliphatic carbocycles. The molecule has 1 heterocycles. The Bertz CT molecular complexity index is 789. The average Bonchev–Trinajstić information content (AvgIpc) is 3.27. The SMILES string of the molecule is Cc1ccc(N=C2SC3(CC3)C(=O)N2c2ccc(C)cc2)cc1. The summed E-state index contributed by atoms with van der Waals surface area (Å²) < 4.78 is -0.256. The topological polar surface area (TPSA) is 32.7 Å². The molecular weight excluding hydrogens is 304 g/mol. The van der Waals surface area contributed by atoms with Gasteiger partial charge in [0, 0.05) is 0 Å². The highest BCUT2D eigenvalue weighted by Crippen LogP contribution is 2.56. The van der Waals surface area contributed by atoms with Gasteiger partial charge in [0.2, 0.25) is 5.91 Å². The van der Waals surface area contributed by atoms with Gasteiger partial charge in [0.15, 0.2) is 5.17 Å². The number of amides is 1. The molecule has 2 fully saturated rings. The first-order chi connectivity index (χ1) is 11.1. The number of anilines is 1. The first-order valence-corrected chi connectivity index (χ1v) is 8.65. The van der Waals surface area contributed by atoms with Crippen LogP contribution >= 0.6 is 11.8 Å². The Morgan fingerprint density at radius 2 is 1.52 bits per heavy atom. The first kappa shape index (κ1) is 14.5. The molecule has 2 aromatic carbocycles. The lowest BCUT2D eigenvalue weighted by atomic mass is 10.2. The van der Waals surface area contributed by atoms with E-state index in [1.807, 2.05) is 55.5 Å². The average molecular weight is 322 g/mol. The predicted molar refractivity (Wildman–Crippen MR) is 96.5 cm³/mol. The molecule has 0 unspecified atom stereocenters. The van der Waals surface area contributed by atoms with Gasteiger partial charge >= 0.3 is 0 Å². The largest absolute Gasteiger partial charge is 0.272 e. The normalized spacial score (nSPS) is 20.5. The lowest BCUT2D eigenvalue weighted by Crippen LogP contribution is -2.32. The maximum absolute atomic E-state index is 12.9. The fourth-order valence-electron chi connectivity index (χ4n) is 2.71. The number of aryl methyl sites for hydroxylation is 2. The summed E-state index contributed by atoms with van der Waals surface area (Å²) in [6.45, 7) is 4.11. The van der Waals surface area contributed by atoms with Crippen molar-refractivity contribution in [3.8, 4) is 0 Å². The number of amidine groups is 1. The van der Waals surface area contributed by atoms with Gasteiger partial charge in [-0.1, -0.05) is 47.2 Å². The second kappa shape index (κ2) is 5.24. The molecule has 2 aliphatic rings. The zero-order valence-corrected chi connectivity index (χ0v) is 14.1. The zero-order valence-electron chi connectivity index (χ0n) is 13.2. The van der Waals surface area contributed by atoms with Crippen molar-refractivity contribution in [1.29, 1.82) is 0 Å². The van der Waals surface area contributed by atoms with Crippen molar-refractivity contribution in [2.24, 2.45) is 4.99 Å². The number of carbonyl (C=O) groups excluding carboxylic acids is 1. The van der Waals surface area contributed by atoms with E-state index < -0.39 is 0 Å². The third-order valence-electron chi connectivity index (χ3n) is 4.33. The van der Waals surface area contributed by atoms with Crippen LogP contribution in [0.3, 0.4) is 0 Å². The third-order valence-corrected chi connectivity index (χ3v) is 5.76. The number of nitrogens with zero attached hydrogens (tertiary/aromatic N) is 2. The summed E-state index contributed by atoms with van der Waals surface area (Å²) in [6, 6.07) is 16.2. The molecule has 1 saturated carbocycles. The van der Waals surface area contributed by atoms with E-state index in [1.165, 1.54) is 11.1 Å². The Morgan fingerprint density at radius 3 is 2.09 bits per heavy atom. The van der Waals surface area contributed by atoms with Gasteiger partial charge in [0.25, 0.3) is 0 Å². The van der Waals surface area contributed by atoms with Crippen LogP contribution in [0.5, 0.6) is 0 Å². The van der Waals surface area contributed by atoms with E-state index in [2.05, 4.69) is 6.92 Å². The molecule has 0 atom stereocenters. The molecule has 0 radical (unpaired) electrons. The van der Waals surface area contributed by atoms with Crippen molar-refractivity contribution >= 4 is 34.2 Å². The quantitative estimate of drug-likeness (QED) is 0.809. The van der Waals surface area contributed by atoms with Crippen LogP contribution in [-0.2, 0) is 4.79 Å². The number of rotatable bonds is 2. The highest BCUT2D eigenvalue weighted by molar-refractivity contribution is 8.17. The van der Waals surface area contributed by atoms with Crippen LogP contribution in [0.2, 0.25) is 0 Å². The maximum Gasteiger partial charge on any atom is 0.249 e. The summed E-state index contributed by atoms with van der Waals surface area (Å²) in [4.78, 5) is 19.4. The van der Waals surface area contributed by atoms with E-state index in [-0.39, 0.29) is 10.7 Å². The summed E-state index contributed by atoms with van der Waals surface area (Å²) in [5.41, 5.74) is 4.19. The molecular formula is C19H18N2OS. The van der Waals surface area contributed by atoms with Gasteiger partial charge < -0.3 is 0 Å². The minimum Gasteiger partial charge on any atom is -0.272 e. The number of thioether (sulfide) groups is 1. The summed E-state index contributed by atoms with van der Waals surface area (Å²) in [7, 11) is 0. The van der Waals surface area contributed by atoms with Crippen molar-refractivity contribution < 1.29 is 4.79 Å². The maximum atomic E-state index is 12.9. The number of benzene rings is 2. The van der Waals surface area contributed by atoms with Crippen LogP contribution in [0, 0.1) is 13.8 Å². The van der Waals surface area contributed by atoms with Crippen molar-refractivity contribution in [3.05, 3.63) is 59.7 Å². The smallest absolute Gasteiger partial charge is 0.249 e. The zero-order chi connectivity index (χ0) is 16.0. The summed E-state index contributed by atoms with van der Waals surface area (Å²) in [5.74, 6) is 0.178. The monoisotopic (exact) mass is 322 g/mol. The van der Waals surface area contributed by atoms with E-state index in [1.54, 1.807) is 16.7 Å². The molecule has 1 aliphatic heterocycles. The van der Waals surface area contributed by atoms with Gasteiger partial charge in [-0.05, 0) is 51.0 Å². The molecule has 23 heavy (non-hydrogen) atoms. The first-order valence-electron chi connectivity index (χ1n) is 7.83. The van der Waals surface area contributed by atoms with Crippen LogP contribution in [0.15, 0.2) is 53.5 Å². The fourth-order valence-corrected chi connectivity index (χ4v) is 3.97. The molecule has 1 saturated heterocycles. The van der Waals surface area contributed by atoms with E-state index in [0.29, 0.717) is 0 Å². The Hall–Kier alpha value is -2.07. The standard InChI is InChI=1S/C19H18N2OS/c1-13-3-7-15(8-4-13)20-18-21(16-9-5-14(2)6-10-16)17(22)19(23-18)11-12-19/h3-10H,11-12H2,1-2H3. The number of carbonyl (C=O) groups is 1. The van der Waals surface area contributed by atoms with Crippen molar-refractivity contribution in [3.63, 3.8) is 0 Å². The second-order valence-corrected chi connectivity index (χ2v) is 7.65. The van der Waals surface area contributed by atoms with Gasteiger partial charge in [0.1, 0.15) is 4.75 Å². The third kappa shape index (κ3) is 2.57. The predicted octanol–water partition coefficient (Wildman–Crippen LogP) is 4.60. The molecule has 4 rings (SSSR count). The molecule has 0 aromatic heterocycles. The summed E-state index contributed by atoms with van der Waals surface area (Å²) in [5, 5.41) is 0.792. The Labute approximate surface area is 140 Å². The molecule has 3 nitrogen and oxygen atoms in total. The Morgan fingerprint density at radius 1 is 0.957 bits per heavy atom. The molecule has 0 N–H and O–H groups in total. The molecule has 116 valence electrons. The number of aliphatic imine (C=N–C) groups is 1. The number of hydrogen-bond donors (Lipinski definition) is 0. The van der Waals surface area contributed by atoms with E-state index in [4.69, 9.17) is 4.99 Å². The van der Waals surface area contributed by atoms with Gasteiger partial charge in [-0.2, -0.15) is 0 Å². The Balaban J connectivity index is 1.75. The second-order valence-electron chi connectivity index (χ2n) is 6.30. The molecule has 1 amide bonds. The van der Waals surface area contributed by atoms with Crippen LogP contribution < -0.4 is 4.90 Å². The summed E-state index contributed by atoms with van der Waals surface area (Å²) in [6.07, 6.45) is 1.90. The van der Waals surface area contributed by atoms with E-state index in [0.717, 1.165) is 29.4 Å². The van der Waals surface area contributed by atoms with E-state index in [9.17, 15) is 4.79 Å². The molecule has 2 aromatic rings. The van der Waals surface area contributed by atoms with Gasteiger partial charge in [-0.15, -0.1) is 0 Å². The van der Waals surface area contributed by atoms with E-state index >= 15 is 0 Å². The van der Waals surface area contributed by atoms with Crippen molar-refractivity contribution in [1.82, 2.24) is 0 Å². The van der Waals surface area contributed by atoms with Gasteiger partial charge in [-0.3, -0.25) is 9.69 Å². The Kier molecular flexibility index (Phi) is 3.31. The minimum atomic E-state index is -0.256. The molecule has 4 heteroatoms.